The average Bonchev–Trinajstić information content (AvgIpc) is 3.13. The van der Waals surface area contributed by atoms with Crippen LogP contribution in [0.2, 0.25) is 0 Å². The first-order chi connectivity index (χ1) is 10.3. The second-order valence-corrected chi connectivity index (χ2v) is 6.09. The van der Waals surface area contributed by atoms with E-state index in [4.69, 9.17) is 4.84 Å². The summed E-state index contributed by atoms with van der Waals surface area (Å²) in [5, 5.41) is 10.2. The third-order valence-electron chi connectivity index (χ3n) is 2.77. The Kier molecular flexibility index (Phi) is 4.32. The second-order valence-electron chi connectivity index (χ2n) is 4.21. The predicted molar refractivity (Wildman–Crippen MR) is 84.6 cm³/mol. The number of thiophene rings is 1. The van der Waals surface area contributed by atoms with Crippen LogP contribution in [0.1, 0.15) is 16.1 Å². The molecule has 0 aliphatic carbocycles. The molecule has 0 aromatic carbocycles. The molecule has 7 heteroatoms. The van der Waals surface area contributed by atoms with Gasteiger partial charge in [-0.2, -0.15) is 0 Å². The summed E-state index contributed by atoms with van der Waals surface area (Å²) in [6.07, 6.45) is 3.44. The van der Waals surface area contributed by atoms with Crippen LogP contribution in [0, 0.1) is 6.92 Å². The van der Waals surface area contributed by atoms with E-state index < -0.39 is 0 Å². The third kappa shape index (κ3) is 3.32. The molecule has 3 aromatic heterocycles. The minimum Gasteiger partial charge on any atom is -0.389 e. The Morgan fingerprint density at radius 1 is 1.33 bits per heavy atom. The van der Waals surface area contributed by atoms with Gasteiger partial charge in [0.15, 0.2) is 6.61 Å². The topological polar surface area (TPSA) is 60.3 Å². The fourth-order valence-electron chi connectivity index (χ4n) is 1.74. The lowest BCUT2D eigenvalue weighted by molar-refractivity contribution is 0.129. The van der Waals surface area contributed by atoms with Crippen LogP contribution in [0.4, 0.5) is 0 Å². The molecule has 0 fully saturated rings. The van der Waals surface area contributed by atoms with Crippen molar-refractivity contribution < 1.29 is 4.84 Å². The molecule has 0 atom stereocenters. The van der Waals surface area contributed by atoms with Crippen LogP contribution in [-0.2, 0) is 11.4 Å². The van der Waals surface area contributed by atoms with Crippen molar-refractivity contribution in [3.63, 3.8) is 0 Å². The highest BCUT2D eigenvalue weighted by atomic mass is 32.1. The molecule has 5 nitrogen and oxygen atoms in total. The zero-order valence-electron chi connectivity index (χ0n) is 11.3. The van der Waals surface area contributed by atoms with E-state index >= 15 is 0 Å². The lowest BCUT2D eigenvalue weighted by Crippen LogP contribution is -1.91. The number of oxime groups is 1. The van der Waals surface area contributed by atoms with E-state index in [1.165, 1.54) is 11.5 Å². The van der Waals surface area contributed by atoms with Crippen molar-refractivity contribution in [3.05, 3.63) is 52.0 Å². The highest BCUT2D eigenvalue weighted by Gasteiger charge is 2.11. The maximum Gasteiger partial charge on any atom is 0.159 e. The Labute approximate surface area is 130 Å². The van der Waals surface area contributed by atoms with Gasteiger partial charge in [0.2, 0.25) is 0 Å². The van der Waals surface area contributed by atoms with Crippen molar-refractivity contribution in [3.8, 4) is 10.6 Å². The molecule has 0 radical (unpaired) electrons. The first kappa shape index (κ1) is 13.8. The largest absolute Gasteiger partial charge is 0.389 e. The summed E-state index contributed by atoms with van der Waals surface area (Å²) in [7, 11) is 0. The maximum absolute atomic E-state index is 5.27. The minimum absolute atomic E-state index is 0.355. The van der Waals surface area contributed by atoms with Crippen LogP contribution in [-0.4, -0.2) is 20.8 Å². The number of rotatable bonds is 5. The summed E-state index contributed by atoms with van der Waals surface area (Å²) in [6.45, 7) is 2.37. The standard InChI is InChI=1S/C14H12N4OS2/c1-10-13(17-18-21-10)14-11(5-7-20-14)8-16-19-9-12-4-2-3-6-15-12/h2-8H,9H2,1H3. The summed E-state index contributed by atoms with van der Waals surface area (Å²) in [5.41, 5.74) is 2.75. The van der Waals surface area contributed by atoms with E-state index in [9.17, 15) is 0 Å². The van der Waals surface area contributed by atoms with Crippen molar-refractivity contribution in [2.24, 2.45) is 5.16 Å². The number of nitrogens with zero attached hydrogens (tertiary/aromatic N) is 4. The smallest absolute Gasteiger partial charge is 0.159 e. The van der Waals surface area contributed by atoms with Crippen molar-refractivity contribution >= 4 is 29.1 Å². The van der Waals surface area contributed by atoms with Gasteiger partial charge < -0.3 is 4.84 Å². The first-order valence-corrected chi connectivity index (χ1v) is 7.92. The zero-order chi connectivity index (χ0) is 14.5. The van der Waals surface area contributed by atoms with Crippen molar-refractivity contribution in [2.45, 2.75) is 13.5 Å². The number of aromatic nitrogens is 3. The Balaban J connectivity index is 1.67. The monoisotopic (exact) mass is 316 g/mol. The molecule has 0 aliphatic heterocycles. The summed E-state index contributed by atoms with van der Waals surface area (Å²) < 4.78 is 3.97. The molecule has 0 bridgehead atoms. The van der Waals surface area contributed by atoms with Gasteiger partial charge in [0.05, 0.1) is 21.7 Å². The van der Waals surface area contributed by atoms with Crippen LogP contribution in [0.25, 0.3) is 10.6 Å². The van der Waals surface area contributed by atoms with Gasteiger partial charge in [-0.05, 0) is 42.0 Å². The van der Waals surface area contributed by atoms with E-state index in [1.54, 1.807) is 23.7 Å². The normalized spacial score (nSPS) is 11.1. The lowest BCUT2D eigenvalue weighted by Gasteiger charge is -1.98. The fourth-order valence-corrected chi connectivity index (χ4v) is 3.19. The van der Waals surface area contributed by atoms with Gasteiger partial charge in [-0.25, -0.2) is 0 Å². The van der Waals surface area contributed by atoms with Gasteiger partial charge in [0.1, 0.15) is 5.69 Å². The SMILES string of the molecule is Cc1snnc1-c1sccc1C=NOCc1ccccn1. The highest BCUT2D eigenvalue weighted by Crippen LogP contribution is 2.30. The summed E-state index contributed by atoms with van der Waals surface area (Å²) >= 11 is 3.02. The molecule has 0 saturated heterocycles. The summed E-state index contributed by atoms with van der Waals surface area (Å²) in [4.78, 5) is 11.6. The van der Waals surface area contributed by atoms with Gasteiger partial charge in [-0.1, -0.05) is 15.7 Å². The molecule has 0 saturated carbocycles. The molecule has 3 heterocycles. The summed E-state index contributed by atoms with van der Waals surface area (Å²) in [5.74, 6) is 0. The molecular weight excluding hydrogens is 304 g/mol. The van der Waals surface area contributed by atoms with Gasteiger partial charge in [0, 0.05) is 11.8 Å². The molecule has 0 N–H and O–H groups in total. The second kappa shape index (κ2) is 6.55. The lowest BCUT2D eigenvalue weighted by atomic mass is 10.2. The van der Waals surface area contributed by atoms with E-state index in [2.05, 4.69) is 19.7 Å². The Morgan fingerprint density at radius 2 is 2.29 bits per heavy atom. The van der Waals surface area contributed by atoms with Crippen LogP contribution < -0.4 is 0 Å². The number of hydrogen-bond donors (Lipinski definition) is 0. The molecule has 0 spiro atoms. The van der Waals surface area contributed by atoms with Crippen molar-refractivity contribution in [2.75, 3.05) is 0 Å². The Morgan fingerprint density at radius 3 is 3.05 bits per heavy atom. The van der Waals surface area contributed by atoms with E-state index in [-0.39, 0.29) is 0 Å². The third-order valence-corrected chi connectivity index (χ3v) is 4.34. The van der Waals surface area contributed by atoms with E-state index in [1.807, 2.05) is 36.6 Å². The summed E-state index contributed by atoms with van der Waals surface area (Å²) in [6, 6.07) is 7.68. The molecular formula is C14H12N4OS2. The van der Waals surface area contributed by atoms with Gasteiger partial charge >= 0.3 is 0 Å². The van der Waals surface area contributed by atoms with Crippen LogP contribution in [0.15, 0.2) is 41.0 Å². The number of pyridine rings is 1. The number of hydrogen-bond acceptors (Lipinski definition) is 7. The van der Waals surface area contributed by atoms with Crippen LogP contribution in [0.3, 0.4) is 0 Å². The highest BCUT2D eigenvalue weighted by molar-refractivity contribution is 7.14. The van der Waals surface area contributed by atoms with E-state index in [0.717, 1.165) is 26.7 Å². The molecule has 0 amide bonds. The average molecular weight is 316 g/mol. The molecule has 0 unspecified atom stereocenters. The van der Waals surface area contributed by atoms with Gasteiger partial charge in [-0.15, -0.1) is 16.4 Å². The van der Waals surface area contributed by atoms with Gasteiger partial charge in [-0.3, -0.25) is 4.98 Å². The molecule has 21 heavy (non-hydrogen) atoms. The quantitative estimate of drug-likeness (QED) is 0.534. The molecule has 0 aliphatic rings. The van der Waals surface area contributed by atoms with Crippen molar-refractivity contribution in [1.82, 2.24) is 14.6 Å². The molecule has 3 aromatic rings. The van der Waals surface area contributed by atoms with Gasteiger partial charge in [0.25, 0.3) is 0 Å². The van der Waals surface area contributed by atoms with Crippen LogP contribution in [0.5, 0.6) is 0 Å². The Bertz CT molecular complexity index is 736. The predicted octanol–water partition coefficient (Wildman–Crippen LogP) is 3.52. The van der Waals surface area contributed by atoms with E-state index in [0.29, 0.717) is 6.61 Å². The zero-order valence-corrected chi connectivity index (χ0v) is 12.9. The van der Waals surface area contributed by atoms with Crippen LogP contribution >= 0.6 is 22.9 Å². The number of aryl methyl sites for hydroxylation is 1. The first-order valence-electron chi connectivity index (χ1n) is 6.26. The fraction of sp³-hybridized carbons (Fsp3) is 0.143. The van der Waals surface area contributed by atoms with Crippen molar-refractivity contribution in [1.29, 1.82) is 0 Å². The molecule has 106 valence electrons. The molecule has 3 rings (SSSR count). The Hall–Kier alpha value is -2.12. The minimum atomic E-state index is 0.355. The maximum atomic E-state index is 5.27.